The first kappa shape index (κ1) is 16.5. The largest absolute Gasteiger partial charge is 0.271 e. The Morgan fingerprint density at radius 1 is 1.25 bits per heavy atom. The number of nitrogens with one attached hydrogen (secondary N) is 1. The maximum atomic E-state index is 12.4. The molecule has 0 saturated heterocycles. The van der Waals surface area contributed by atoms with Crippen molar-refractivity contribution in [2.24, 2.45) is 7.05 Å². The number of fused-ring (bicyclic) bond motifs is 1. The predicted octanol–water partition coefficient (Wildman–Crippen LogP) is 0.386. The molecule has 0 aliphatic heterocycles. The van der Waals surface area contributed by atoms with E-state index in [1.807, 2.05) is 6.20 Å². The molecule has 3 aromatic rings. The lowest BCUT2D eigenvalue weighted by Crippen LogP contribution is -2.26. The Bertz CT molecular complexity index is 974. The molecule has 10 heteroatoms. The van der Waals surface area contributed by atoms with Crippen LogP contribution in [0.4, 0.5) is 0 Å². The molecule has 3 aromatic heterocycles. The van der Waals surface area contributed by atoms with Crippen LogP contribution in [0, 0.1) is 13.8 Å². The number of aromatic nitrogens is 6. The van der Waals surface area contributed by atoms with Crippen LogP contribution in [-0.2, 0) is 23.5 Å². The third kappa shape index (κ3) is 3.15. The van der Waals surface area contributed by atoms with Gasteiger partial charge in [0.05, 0.1) is 11.4 Å². The van der Waals surface area contributed by atoms with Crippen LogP contribution < -0.4 is 4.72 Å². The third-order valence-electron chi connectivity index (χ3n) is 3.83. The normalized spacial score (nSPS) is 12.1. The molecule has 3 heterocycles. The summed E-state index contributed by atoms with van der Waals surface area (Å²) in [6, 6.07) is 0. The Labute approximate surface area is 139 Å². The number of sulfonamides is 1. The standard InChI is InChI=1S/C14H19N7O2S/c1-10-13(11(2)20(3)19-10)24(22,23)18-6-4-5-12-7-15-14-16-9-17-21(14)8-12/h7-9,18H,4-6H2,1-3H3. The second kappa shape index (κ2) is 6.29. The van der Waals surface area contributed by atoms with Crippen molar-refractivity contribution in [3.63, 3.8) is 0 Å². The Kier molecular flexibility index (Phi) is 4.33. The number of hydrogen-bond donors (Lipinski definition) is 1. The first-order valence-corrected chi connectivity index (χ1v) is 9.01. The van der Waals surface area contributed by atoms with Gasteiger partial charge in [-0.3, -0.25) is 4.68 Å². The zero-order valence-electron chi connectivity index (χ0n) is 13.8. The fourth-order valence-corrected chi connectivity index (χ4v) is 4.11. The minimum absolute atomic E-state index is 0.260. The van der Waals surface area contributed by atoms with E-state index in [0.29, 0.717) is 36.6 Å². The molecule has 3 rings (SSSR count). The van der Waals surface area contributed by atoms with Crippen LogP contribution in [0.1, 0.15) is 23.4 Å². The van der Waals surface area contributed by atoms with Gasteiger partial charge in [-0.1, -0.05) is 0 Å². The molecule has 0 aromatic carbocycles. The van der Waals surface area contributed by atoms with Crippen LogP contribution in [-0.4, -0.2) is 44.3 Å². The van der Waals surface area contributed by atoms with Gasteiger partial charge in [-0.2, -0.15) is 15.2 Å². The summed E-state index contributed by atoms with van der Waals surface area (Å²) in [4.78, 5) is 8.42. The van der Waals surface area contributed by atoms with Gasteiger partial charge >= 0.3 is 0 Å². The Morgan fingerprint density at radius 3 is 2.75 bits per heavy atom. The number of rotatable bonds is 6. The lowest BCUT2D eigenvalue weighted by atomic mass is 10.2. The molecule has 128 valence electrons. The van der Waals surface area contributed by atoms with Crippen LogP contribution in [0.25, 0.3) is 5.78 Å². The molecule has 0 saturated carbocycles. The highest BCUT2D eigenvalue weighted by molar-refractivity contribution is 7.89. The topological polar surface area (TPSA) is 107 Å². The molecule has 0 bridgehead atoms. The third-order valence-corrected chi connectivity index (χ3v) is 5.55. The van der Waals surface area contributed by atoms with Gasteiger partial charge in [-0.05, 0) is 32.3 Å². The molecule has 9 nitrogen and oxygen atoms in total. The molecule has 0 amide bonds. The summed E-state index contributed by atoms with van der Waals surface area (Å²) in [5, 5.41) is 8.18. The molecule has 24 heavy (non-hydrogen) atoms. The van der Waals surface area contributed by atoms with E-state index >= 15 is 0 Å². The fraction of sp³-hybridized carbons (Fsp3) is 0.429. The minimum Gasteiger partial charge on any atom is -0.271 e. The monoisotopic (exact) mass is 349 g/mol. The Morgan fingerprint density at radius 2 is 2.04 bits per heavy atom. The van der Waals surface area contributed by atoms with E-state index in [4.69, 9.17) is 0 Å². The molecule has 0 aliphatic rings. The number of aryl methyl sites for hydroxylation is 3. The zero-order valence-corrected chi connectivity index (χ0v) is 14.6. The molecule has 1 N–H and O–H groups in total. The van der Waals surface area contributed by atoms with Crippen LogP contribution >= 0.6 is 0 Å². The van der Waals surface area contributed by atoms with Crippen molar-refractivity contribution in [3.05, 3.63) is 35.7 Å². The van der Waals surface area contributed by atoms with E-state index in [1.165, 1.54) is 6.33 Å². The summed E-state index contributed by atoms with van der Waals surface area (Å²) in [6.07, 6.45) is 6.36. The van der Waals surface area contributed by atoms with Gasteiger partial charge in [0, 0.05) is 26.0 Å². The lowest BCUT2D eigenvalue weighted by Gasteiger charge is -2.07. The van der Waals surface area contributed by atoms with E-state index in [0.717, 1.165) is 5.56 Å². The predicted molar refractivity (Wildman–Crippen MR) is 87.0 cm³/mol. The van der Waals surface area contributed by atoms with E-state index < -0.39 is 10.0 Å². The second-order valence-corrected chi connectivity index (χ2v) is 7.30. The van der Waals surface area contributed by atoms with Crippen molar-refractivity contribution in [2.75, 3.05) is 6.54 Å². The molecular formula is C14H19N7O2S. The molecular weight excluding hydrogens is 330 g/mol. The summed E-state index contributed by atoms with van der Waals surface area (Å²) in [7, 11) is -1.83. The first-order chi connectivity index (χ1) is 11.4. The van der Waals surface area contributed by atoms with E-state index in [-0.39, 0.29) is 4.90 Å². The van der Waals surface area contributed by atoms with Gasteiger partial charge in [0.1, 0.15) is 11.2 Å². The summed E-state index contributed by atoms with van der Waals surface area (Å²) in [5.74, 6) is 0.544. The van der Waals surface area contributed by atoms with Gasteiger partial charge in [-0.15, -0.1) is 0 Å². The first-order valence-electron chi connectivity index (χ1n) is 7.52. The highest BCUT2D eigenvalue weighted by atomic mass is 32.2. The summed E-state index contributed by atoms with van der Waals surface area (Å²) in [5.41, 5.74) is 2.10. The van der Waals surface area contributed by atoms with E-state index in [9.17, 15) is 8.42 Å². The van der Waals surface area contributed by atoms with Crippen LogP contribution in [0.3, 0.4) is 0 Å². The SMILES string of the molecule is Cc1nn(C)c(C)c1S(=O)(=O)NCCCc1cnc2ncnn2c1. The van der Waals surface area contributed by atoms with Crippen molar-refractivity contribution in [2.45, 2.75) is 31.6 Å². The van der Waals surface area contributed by atoms with Crippen molar-refractivity contribution >= 4 is 15.8 Å². The van der Waals surface area contributed by atoms with E-state index in [1.54, 1.807) is 36.3 Å². The summed E-state index contributed by atoms with van der Waals surface area (Å²) in [6.45, 7) is 3.78. The fourth-order valence-electron chi connectivity index (χ4n) is 2.60. The molecule has 0 radical (unpaired) electrons. The molecule has 0 aliphatic carbocycles. The van der Waals surface area contributed by atoms with Crippen molar-refractivity contribution in [1.29, 1.82) is 0 Å². The average molecular weight is 349 g/mol. The van der Waals surface area contributed by atoms with Gasteiger partial charge < -0.3 is 0 Å². The van der Waals surface area contributed by atoms with E-state index in [2.05, 4.69) is 24.9 Å². The zero-order chi connectivity index (χ0) is 17.3. The van der Waals surface area contributed by atoms with Gasteiger partial charge in [0.15, 0.2) is 0 Å². The number of nitrogens with zero attached hydrogens (tertiary/aromatic N) is 6. The lowest BCUT2D eigenvalue weighted by molar-refractivity contribution is 0.577. The van der Waals surface area contributed by atoms with Crippen LogP contribution in [0.5, 0.6) is 0 Å². The summed E-state index contributed by atoms with van der Waals surface area (Å²) < 4.78 is 30.7. The minimum atomic E-state index is -3.56. The quantitative estimate of drug-likeness (QED) is 0.645. The van der Waals surface area contributed by atoms with Gasteiger partial charge in [-0.25, -0.2) is 22.6 Å². The smallest absolute Gasteiger partial charge is 0.252 e. The maximum Gasteiger partial charge on any atom is 0.252 e. The molecule has 0 atom stereocenters. The Hall–Kier alpha value is -2.33. The maximum absolute atomic E-state index is 12.4. The highest BCUT2D eigenvalue weighted by Crippen LogP contribution is 2.18. The van der Waals surface area contributed by atoms with Crippen molar-refractivity contribution in [3.8, 4) is 0 Å². The molecule has 0 fully saturated rings. The summed E-state index contributed by atoms with van der Waals surface area (Å²) >= 11 is 0. The highest BCUT2D eigenvalue weighted by Gasteiger charge is 2.23. The van der Waals surface area contributed by atoms with Gasteiger partial charge in [0.2, 0.25) is 10.0 Å². The van der Waals surface area contributed by atoms with Gasteiger partial charge in [0.25, 0.3) is 5.78 Å². The van der Waals surface area contributed by atoms with Crippen molar-refractivity contribution < 1.29 is 8.42 Å². The molecule has 0 unspecified atom stereocenters. The Balaban J connectivity index is 1.61. The van der Waals surface area contributed by atoms with Crippen molar-refractivity contribution in [1.82, 2.24) is 34.1 Å². The second-order valence-electron chi connectivity index (χ2n) is 5.59. The van der Waals surface area contributed by atoms with Crippen LogP contribution in [0.2, 0.25) is 0 Å². The van der Waals surface area contributed by atoms with Crippen LogP contribution in [0.15, 0.2) is 23.6 Å². The average Bonchev–Trinajstić information content (AvgIpc) is 3.08. The number of hydrogen-bond acceptors (Lipinski definition) is 6. The molecule has 0 spiro atoms.